The second-order valence-corrected chi connectivity index (χ2v) is 11.4. The maximum Gasteiger partial charge on any atom is 0.268 e. The van der Waals surface area contributed by atoms with Gasteiger partial charge in [0.1, 0.15) is 25.1 Å². The molecule has 9 heteroatoms. The van der Waals surface area contributed by atoms with E-state index in [9.17, 15) is 9.90 Å². The molecule has 2 aliphatic rings. The number of aliphatic hydroxyl groups is 2. The lowest BCUT2D eigenvalue weighted by Crippen LogP contribution is -2.36. The van der Waals surface area contributed by atoms with E-state index < -0.39 is 18.6 Å². The normalized spacial score (nSPS) is 16.5. The van der Waals surface area contributed by atoms with Crippen LogP contribution in [0, 0.1) is 12.3 Å². The molecule has 2 aromatic heterocycles. The second-order valence-electron chi connectivity index (χ2n) is 10.3. The first-order chi connectivity index (χ1) is 17.9. The SMILES string of the molecule is CCc1cc(-c2noc(-c3sc(CC)c4c3CCC3(CC3)C4)n2)cc(C)c1OC[C@@H](O)CNC(=O)CO. The highest BCUT2D eigenvalue weighted by Crippen LogP contribution is 2.57. The minimum atomic E-state index is -0.890. The van der Waals surface area contributed by atoms with Gasteiger partial charge in [-0.2, -0.15) is 4.98 Å². The summed E-state index contributed by atoms with van der Waals surface area (Å²) in [4.78, 5) is 18.6. The van der Waals surface area contributed by atoms with Gasteiger partial charge in [-0.1, -0.05) is 19.0 Å². The van der Waals surface area contributed by atoms with Crippen LogP contribution in [0.2, 0.25) is 0 Å². The highest BCUT2D eigenvalue weighted by molar-refractivity contribution is 7.15. The fourth-order valence-electron chi connectivity index (χ4n) is 5.34. The molecule has 1 amide bonds. The quantitative estimate of drug-likeness (QED) is 0.366. The number of carbonyl (C=O) groups excluding carboxylic acids is 1. The number of hydrogen-bond donors (Lipinski definition) is 3. The Balaban J connectivity index is 1.35. The third-order valence-corrected chi connectivity index (χ3v) is 9.05. The van der Waals surface area contributed by atoms with Gasteiger partial charge in [-0.05, 0) is 91.7 Å². The molecular weight excluding hydrogens is 490 g/mol. The zero-order chi connectivity index (χ0) is 26.2. The van der Waals surface area contributed by atoms with Gasteiger partial charge in [0, 0.05) is 17.0 Å². The summed E-state index contributed by atoms with van der Waals surface area (Å²) in [6.07, 6.45) is 7.16. The van der Waals surface area contributed by atoms with Crippen LogP contribution in [0.4, 0.5) is 0 Å². The molecule has 3 aromatic rings. The first-order valence-corrected chi connectivity index (χ1v) is 14.0. The van der Waals surface area contributed by atoms with Crippen LogP contribution in [0.3, 0.4) is 0 Å². The Kier molecular flexibility index (Phi) is 7.38. The Labute approximate surface area is 221 Å². The summed E-state index contributed by atoms with van der Waals surface area (Å²) in [6.45, 7) is 5.65. The van der Waals surface area contributed by atoms with E-state index in [2.05, 4.69) is 17.4 Å². The molecule has 2 heterocycles. The number of nitrogens with zero attached hydrogens (tertiary/aromatic N) is 2. The summed E-state index contributed by atoms with van der Waals surface area (Å²) in [7, 11) is 0. The van der Waals surface area contributed by atoms with Gasteiger partial charge in [0.15, 0.2) is 0 Å². The molecule has 1 saturated carbocycles. The minimum Gasteiger partial charge on any atom is -0.490 e. The van der Waals surface area contributed by atoms with Crippen molar-refractivity contribution in [1.29, 1.82) is 0 Å². The maximum atomic E-state index is 11.2. The van der Waals surface area contributed by atoms with E-state index in [1.807, 2.05) is 37.3 Å². The number of ether oxygens (including phenoxy) is 1. The zero-order valence-corrected chi connectivity index (χ0v) is 22.5. The van der Waals surface area contributed by atoms with Crippen molar-refractivity contribution in [3.63, 3.8) is 0 Å². The van der Waals surface area contributed by atoms with Crippen molar-refractivity contribution in [1.82, 2.24) is 15.5 Å². The van der Waals surface area contributed by atoms with Crippen LogP contribution in [0.1, 0.15) is 60.2 Å². The van der Waals surface area contributed by atoms with Gasteiger partial charge < -0.3 is 24.8 Å². The van der Waals surface area contributed by atoms with Crippen LogP contribution >= 0.6 is 11.3 Å². The molecule has 2 aliphatic carbocycles. The highest BCUT2D eigenvalue weighted by atomic mass is 32.1. The van der Waals surface area contributed by atoms with Gasteiger partial charge in [-0.3, -0.25) is 4.79 Å². The van der Waals surface area contributed by atoms with Crippen molar-refractivity contribution >= 4 is 17.2 Å². The molecule has 5 rings (SSSR count). The largest absolute Gasteiger partial charge is 0.490 e. The van der Waals surface area contributed by atoms with Crippen LogP contribution in [0.5, 0.6) is 5.75 Å². The minimum absolute atomic E-state index is 0.0107. The van der Waals surface area contributed by atoms with Crippen molar-refractivity contribution in [2.24, 2.45) is 5.41 Å². The van der Waals surface area contributed by atoms with Crippen molar-refractivity contribution in [2.45, 2.75) is 71.8 Å². The lowest BCUT2D eigenvalue weighted by Gasteiger charge is -2.22. The van der Waals surface area contributed by atoms with Gasteiger partial charge >= 0.3 is 0 Å². The summed E-state index contributed by atoms with van der Waals surface area (Å²) in [6, 6.07) is 3.98. The number of aryl methyl sites for hydroxylation is 3. The van der Waals surface area contributed by atoms with Gasteiger partial charge in [-0.15, -0.1) is 11.3 Å². The summed E-state index contributed by atoms with van der Waals surface area (Å²) < 4.78 is 11.7. The predicted octanol–water partition coefficient (Wildman–Crippen LogP) is 4.02. The molecule has 0 aliphatic heterocycles. The summed E-state index contributed by atoms with van der Waals surface area (Å²) in [5, 5.41) is 25.7. The predicted molar refractivity (Wildman–Crippen MR) is 142 cm³/mol. The summed E-state index contributed by atoms with van der Waals surface area (Å²) >= 11 is 1.82. The molecule has 0 radical (unpaired) electrons. The Morgan fingerprint density at radius 3 is 2.76 bits per heavy atom. The zero-order valence-electron chi connectivity index (χ0n) is 21.7. The lowest BCUT2D eigenvalue weighted by molar-refractivity contribution is -0.124. The van der Waals surface area contributed by atoms with Crippen molar-refractivity contribution < 1.29 is 24.3 Å². The number of benzene rings is 1. The third kappa shape index (κ3) is 5.30. The van der Waals surface area contributed by atoms with E-state index in [0.29, 0.717) is 22.9 Å². The molecule has 0 bridgehead atoms. The van der Waals surface area contributed by atoms with Crippen molar-refractivity contribution in [3.05, 3.63) is 39.3 Å². The molecule has 1 atom stereocenters. The van der Waals surface area contributed by atoms with Crippen molar-refractivity contribution in [3.8, 4) is 27.9 Å². The monoisotopic (exact) mass is 525 g/mol. The Morgan fingerprint density at radius 1 is 1.24 bits per heavy atom. The molecule has 1 spiro atoms. The average Bonchev–Trinajstić information content (AvgIpc) is 3.31. The summed E-state index contributed by atoms with van der Waals surface area (Å²) in [5.74, 6) is 1.33. The third-order valence-electron chi connectivity index (χ3n) is 7.64. The molecule has 1 fully saturated rings. The number of amides is 1. The molecule has 1 aromatic carbocycles. The number of rotatable bonds is 10. The van der Waals surface area contributed by atoms with Crippen LogP contribution in [0.15, 0.2) is 16.7 Å². The average molecular weight is 526 g/mol. The van der Waals surface area contributed by atoms with Crippen LogP contribution in [0.25, 0.3) is 22.2 Å². The highest BCUT2D eigenvalue weighted by Gasteiger charge is 2.46. The Hall–Kier alpha value is -2.75. The van der Waals surface area contributed by atoms with E-state index in [0.717, 1.165) is 40.8 Å². The first-order valence-electron chi connectivity index (χ1n) is 13.2. The Bertz CT molecular complexity index is 1290. The molecule has 0 unspecified atom stereocenters. The fraction of sp³-hybridized carbons (Fsp3) is 0.536. The number of carbonyl (C=O) groups is 1. The number of nitrogens with one attached hydrogen (secondary N) is 1. The van der Waals surface area contributed by atoms with E-state index in [1.54, 1.807) is 0 Å². The number of aliphatic hydroxyl groups excluding tert-OH is 2. The van der Waals surface area contributed by atoms with Gasteiger partial charge in [0.05, 0.1) is 4.88 Å². The smallest absolute Gasteiger partial charge is 0.268 e. The number of aromatic nitrogens is 2. The number of fused-ring (bicyclic) bond motifs is 1. The molecule has 3 N–H and O–H groups in total. The van der Waals surface area contributed by atoms with E-state index in [-0.39, 0.29) is 13.2 Å². The van der Waals surface area contributed by atoms with Gasteiger partial charge in [-0.25, -0.2) is 0 Å². The molecular formula is C28H35N3O5S. The Morgan fingerprint density at radius 2 is 2.05 bits per heavy atom. The van der Waals surface area contributed by atoms with Crippen LogP contribution < -0.4 is 10.1 Å². The van der Waals surface area contributed by atoms with Crippen molar-refractivity contribution in [2.75, 3.05) is 19.8 Å². The number of hydrogen-bond acceptors (Lipinski definition) is 8. The lowest BCUT2D eigenvalue weighted by atomic mass is 9.81. The topological polar surface area (TPSA) is 118 Å². The summed E-state index contributed by atoms with van der Waals surface area (Å²) in [5.41, 5.74) is 6.27. The maximum absolute atomic E-state index is 11.2. The number of thiophene rings is 1. The van der Waals surface area contributed by atoms with E-state index in [4.69, 9.17) is 19.4 Å². The first kappa shape index (κ1) is 25.9. The van der Waals surface area contributed by atoms with Gasteiger partial charge in [0.25, 0.3) is 5.89 Å². The van der Waals surface area contributed by atoms with Crippen LogP contribution in [-0.2, 0) is 30.5 Å². The van der Waals surface area contributed by atoms with E-state index >= 15 is 0 Å². The molecule has 0 saturated heterocycles. The van der Waals surface area contributed by atoms with E-state index in [1.165, 1.54) is 41.7 Å². The van der Waals surface area contributed by atoms with Gasteiger partial charge in [0.2, 0.25) is 11.7 Å². The van der Waals surface area contributed by atoms with Crippen LogP contribution in [-0.4, -0.2) is 52.1 Å². The second kappa shape index (κ2) is 10.6. The fourth-order valence-corrected chi connectivity index (χ4v) is 6.57. The molecule has 37 heavy (non-hydrogen) atoms. The molecule has 8 nitrogen and oxygen atoms in total. The molecule has 198 valence electrons. The standard InChI is InChI=1S/C28H35N3O5S/c1-4-17-11-18(10-16(3)24(17)35-15-19(33)13-29-23(34)14-32)26-30-27(36-31-26)25-20-6-7-28(8-9-28)12-21(20)22(5-2)37-25/h10-11,19,32-33H,4-9,12-15H2,1-3H3,(H,29,34)/t19-/m0/s1.